The minimum absolute atomic E-state index is 1.15. The monoisotopic (exact) mass is 291 g/mol. The number of nitrogens with zero attached hydrogens (tertiary/aromatic N) is 1. The van der Waals surface area contributed by atoms with Crippen LogP contribution in [-0.4, -0.2) is 24.5 Å². The minimum atomic E-state index is 1.15. The van der Waals surface area contributed by atoms with Crippen molar-refractivity contribution in [1.82, 2.24) is 4.90 Å². The van der Waals surface area contributed by atoms with Gasteiger partial charge in [-0.05, 0) is 62.0 Å². The maximum Gasteiger partial charge on any atom is -0.00158 e. The largest absolute Gasteiger partial charge is 0.303 e. The molecule has 0 spiro atoms. The third kappa shape index (κ3) is 4.08. The van der Waals surface area contributed by atoms with E-state index in [0.29, 0.717) is 0 Å². The van der Waals surface area contributed by atoms with Crippen molar-refractivity contribution in [2.24, 2.45) is 0 Å². The van der Waals surface area contributed by atoms with Crippen molar-refractivity contribution in [3.63, 3.8) is 0 Å². The van der Waals surface area contributed by atoms with Crippen LogP contribution in [0.2, 0.25) is 0 Å². The molecule has 1 saturated heterocycles. The van der Waals surface area contributed by atoms with Crippen LogP contribution < -0.4 is 0 Å². The molecule has 114 valence electrons. The van der Waals surface area contributed by atoms with E-state index in [-0.39, 0.29) is 0 Å². The number of hydrogen-bond acceptors (Lipinski definition) is 1. The molecule has 0 aliphatic carbocycles. The molecule has 2 aromatic carbocycles. The van der Waals surface area contributed by atoms with Crippen LogP contribution in [0, 0.1) is 0 Å². The van der Waals surface area contributed by atoms with Crippen molar-refractivity contribution in [3.05, 3.63) is 77.9 Å². The number of likely N-dealkylation sites (tertiary alicyclic amines) is 1. The van der Waals surface area contributed by atoms with Gasteiger partial charge < -0.3 is 4.90 Å². The Balaban J connectivity index is 1.69. The van der Waals surface area contributed by atoms with Gasteiger partial charge in [-0.3, -0.25) is 0 Å². The molecule has 0 radical (unpaired) electrons. The quantitative estimate of drug-likeness (QED) is 0.677. The molecule has 1 heteroatoms. The van der Waals surface area contributed by atoms with E-state index in [1.165, 1.54) is 55.6 Å². The maximum atomic E-state index is 2.60. The molecule has 3 rings (SSSR count). The number of unbranched alkanes of at least 4 members (excludes halogenated alkanes) is 1. The van der Waals surface area contributed by atoms with E-state index in [1.807, 2.05) is 0 Å². The summed E-state index contributed by atoms with van der Waals surface area (Å²) in [7, 11) is 0. The van der Waals surface area contributed by atoms with Gasteiger partial charge in [0.2, 0.25) is 0 Å². The molecule has 2 aromatic rings. The summed E-state index contributed by atoms with van der Waals surface area (Å²) in [6.45, 7) is 3.84. The number of allylic oxidation sites excluding steroid dienone is 1. The summed E-state index contributed by atoms with van der Waals surface area (Å²) in [6.07, 6.45) is 7.59. The van der Waals surface area contributed by atoms with E-state index in [4.69, 9.17) is 0 Å². The Hall–Kier alpha value is -1.86. The lowest BCUT2D eigenvalue weighted by molar-refractivity contribution is 0.335. The SMILES string of the molecule is C(CCCN1CCCC1)=C(c1ccccc1)c1ccccc1. The fourth-order valence-corrected chi connectivity index (χ4v) is 3.21. The van der Waals surface area contributed by atoms with Gasteiger partial charge >= 0.3 is 0 Å². The standard InChI is InChI=1S/C21H25N/c1-3-11-19(12-4-1)21(20-13-5-2-6-14-20)15-7-8-16-22-17-9-10-18-22/h1-6,11-15H,7-10,16-18H2. The molecule has 1 nitrogen and oxygen atoms in total. The molecule has 0 atom stereocenters. The first-order valence-electron chi connectivity index (χ1n) is 8.47. The van der Waals surface area contributed by atoms with Gasteiger partial charge in [-0.25, -0.2) is 0 Å². The highest BCUT2D eigenvalue weighted by molar-refractivity contribution is 5.79. The van der Waals surface area contributed by atoms with Gasteiger partial charge in [-0.1, -0.05) is 66.7 Å². The summed E-state index contributed by atoms with van der Waals surface area (Å²) < 4.78 is 0. The second-order valence-electron chi connectivity index (χ2n) is 6.04. The van der Waals surface area contributed by atoms with E-state index in [0.717, 1.165) is 6.42 Å². The van der Waals surface area contributed by atoms with Crippen LogP contribution in [0.5, 0.6) is 0 Å². The van der Waals surface area contributed by atoms with E-state index in [9.17, 15) is 0 Å². The fourth-order valence-electron chi connectivity index (χ4n) is 3.21. The predicted octanol–water partition coefficient (Wildman–Crippen LogP) is 4.99. The predicted molar refractivity (Wildman–Crippen MR) is 94.9 cm³/mol. The summed E-state index contributed by atoms with van der Waals surface area (Å²) >= 11 is 0. The smallest absolute Gasteiger partial charge is 0.00158 e. The highest BCUT2D eigenvalue weighted by Crippen LogP contribution is 2.24. The van der Waals surface area contributed by atoms with E-state index in [1.54, 1.807) is 0 Å². The normalized spacial score (nSPS) is 14.9. The van der Waals surface area contributed by atoms with Crippen LogP contribution in [0.25, 0.3) is 5.57 Å². The van der Waals surface area contributed by atoms with Gasteiger partial charge in [0, 0.05) is 0 Å². The molecule has 1 aliphatic rings. The van der Waals surface area contributed by atoms with Crippen molar-refractivity contribution >= 4 is 5.57 Å². The summed E-state index contributed by atoms with van der Waals surface area (Å²) in [5, 5.41) is 0. The molecule has 0 unspecified atom stereocenters. The van der Waals surface area contributed by atoms with Crippen molar-refractivity contribution in [2.45, 2.75) is 25.7 Å². The van der Waals surface area contributed by atoms with Gasteiger partial charge in [0.25, 0.3) is 0 Å². The first kappa shape index (κ1) is 15.1. The molecule has 0 amide bonds. The molecular formula is C21H25N. The third-order valence-electron chi connectivity index (χ3n) is 4.40. The van der Waals surface area contributed by atoms with Crippen LogP contribution in [0.15, 0.2) is 66.7 Å². The number of hydrogen-bond donors (Lipinski definition) is 0. The maximum absolute atomic E-state index is 2.60. The Morgan fingerprint density at radius 1 is 0.818 bits per heavy atom. The van der Waals surface area contributed by atoms with Crippen molar-refractivity contribution in [2.75, 3.05) is 19.6 Å². The van der Waals surface area contributed by atoms with Crippen LogP contribution >= 0.6 is 0 Å². The Kier molecular flexibility index (Phi) is 5.44. The van der Waals surface area contributed by atoms with E-state index in [2.05, 4.69) is 71.6 Å². The molecule has 0 saturated carbocycles. The molecule has 0 N–H and O–H groups in total. The summed E-state index contributed by atoms with van der Waals surface area (Å²) in [5.41, 5.74) is 3.99. The second kappa shape index (κ2) is 7.95. The second-order valence-corrected chi connectivity index (χ2v) is 6.04. The first-order chi connectivity index (χ1) is 10.9. The molecular weight excluding hydrogens is 266 g/mol. The lowest BCUT2D eigenvalue weighted by Crippen LogP contribution is -2.20. The highest BCUT2D eigenvalue weighted by atomic mass is 15.1. The van der Waals surface area contributed by atoms with Gasteiger partial charge in [-0.15, -0.1) is 0 Å². The molecule has 22 heavy (non-hydrogen) atoms. The zero-order valence-electron chi connectivity index (χ0n) is 13.2. The average molecular weight is 291 g/mol. The Labute approximate surface area is 134 Å². The Morgan fingerprint density at radius 3 is 1.91 bits per heavy atom. The third-order valence-corrected chi connectivity index (χ3v) is 4.40. The van der Waals surface area contributed by atoms with Gasteiger partial charge in [-0.2, -0.15) is 0 Å². The lowest BCUT2D eigenvalue weighted by atomic mass is 9.96. The van der Waals surface area contributed by atoms with E-state index >= 15 is 0 Å². The highest BCUT2D eigenvalue weighted by Gasteiger charge is 2.10. The summed E-state index contributed by atoms with van der Waals surface area (Å²) in [6, 6.07) is 21.5. The van der Waals surface area contributed by atoms with Crippen LogP contribution in [0.3, 0.4) is 0 Å². The van der Waals surface area contributed by atoms with Gasteiger partial charge in [0.1, 0.15) is 0 Å². The molecule has 0 bridgehead atoms. The molecule has 1 aliphatic heterocycles. The summed E-state index contributed by atoms with van der Waals surface area (Å²) in [5.74, 6) is 0. The Bertz CT molecular complexity index is 538. The van der Waals surface area contributed by atoms with Crippen LogP contribution in [0.1, 0.15) is 36.8 Å². The Morgan fingerprint density at radius 2 is 1.36 bits per heavy atom. The summed E-state index contributed by atoms with van der Waals surface area (Å²) in [4.78, 5) is 2.60. The first-order valence-corrected chi connectivity index (χ1v) is 8.47. The fraction of sp³-hybridized carbons (Fsp3) is 0.333. The number of benzene rings is 2. The van der Waals surface area contributed by atoms with Crippen LogP contribution in [0.4, 0.5) is 0 Å². The minimum Gasteiger partial charge on any atom is -0.303 e. The molecule has 1 fully saturated rings. The van der Waals surface area contributed by atoms with E-state index < -0.39 is 0 Å². The van der Waals surface area contributed by atoms with Gasteiger partial charge in [0.15, 0.2) is 0 Å². The zero-order valence-corrected chi connectivity index (χ0v) is 13.2. The van der Waals surface area contributed by atoms with Crippen LogP contribution in [-0.2, 0) is 0 Å². The zero-order chi connectivity index (χ0) is 15.0. The number of rotatable bonds is 6. The average Bonchev–Trinajstić information content (AvgIpc) is 3.10. The van der Waals surface area contributed by atoms with Crippen molar-refractivity contribution in [3.8, 4) is 0 Å². The van der Waals surface area contributed by atoms with Crippen molar-refractivity contribution in [1.29, 1.82) is 0 Å². The molecule has 1 heterocycles. The topological polar surface area (TPSA) is 3.24 Å². The van der Waals surface area contributed by atoms with Gasteiger partial charge in [0.05, 0.1) is 0 Å². The van der Waals surface area contributed by atoms with Crippen molar-refractivity contribution < 1.29 is 0 Å². The lowest BCUT2D eigenvalue weighted by Gasteiger charge is -2.14. The molecule has 0 aromatic heterocycles.